The van der Waals surface area contributed by atoms with Crippen molar-refractivity contribution in [1.82, 2.24) is 9.55 Å². The van der Waals surface area contributed by atoms with E-state index in [9.17, 15) is 9.59 Å². The number of rotatable bonds is 4. The number of hydrogen-bond acceptors (Lipinski definition) is 5. The molecule has 0 aliphatic rings. The highest BCUT2D eigenvalue weighted by Crippen LogP contribution is 2.02. The van der Waals surface area contributed by atoms with Gasteiger partial charge >= 0.3 is 11.9 Å². The zero-order valence-corrected chi connectivity index (χ0v) is 8.60. The molecule has 0 saturated carbocycles. The summed E-state index contributed by atoms with van der Waals surface area (Å²) in [6.45, 7) is 1.94. The van der Waals surface area contributed by atoms with Gasteiger partial charge in [0.15, 0.2) is 0 Å². The lowest BCUT2D eigenvalue weighted by Crippen LogP contribution is -2.17. The predicted octanol–water partition coefficient (Wildman–Crippen LogP) is 0.233. The molecule has 0 amide bonds. The van der Waals surface area contributed by atoms with Gasteiger partial charge in [-0.25, -0.2) is 9.78 Å². The van der Waals surface area contributed by atoms with Crippen LogP contribution < -0.4 is 0 Å². The normalized spacial score (nSPS) is 9.73. The Balaban J connectivity index is 2.77. The third-order valence-corrected chi connectivity index (χ3v) is 1.72. The minimum atomic E-state index is -0.501. The topological polar surface area (TPSA) is 70.4 Å². The summed E-state index contributed by atoms with van der Waals surface area (Å²) in [4.78, 5) is 26.1. The van der Waals surface area contributed by atoms with Crippen molar-refractivity contribution < 1.29 is 19.1 Å². The Labute approximate surface area is 86.8 Å². The van der Waals surface area contributed by atoms with Gasteiger partial charge in [0.1, 0.15) is 12.2 Å². The van der Waals surface area contributed by atoms with Crippen LogP contribution in [0.4, 0.5) is 0 Å². The number of carbonyl (C=O) groups excluding carboxylic acids is 2. The van der Waals surface area contributed by atoms with E-state index in [1.807, 2.05) is 0 Å². The zero-order valence-electron chi connectivity index (χ0n) is 8.60. The fraction of sp³-hybridized carbons (Fsp3) is 0.444. The van der Waals surface area contributed by atoms with Gasteiger partial charge in [-0.2, -0.15) is 0 Å². The third kappa shape index (κ3) is 2.80. The van der Waals surface area contributed by atoms with Crippen molar-refractivity contribution >= 4 is 11.9 Å². The van der Waals surface area contributed by atoms with Crippen LogP contribution in [0, 0.1) is 0 Å². The van der Waals surface area contributed by atoms with Crippen LogP contribution in [0.2, 0.25) is 0 Å². The van der Waals surface area contributed by atoms with E-state index in [4.69, 9.17) is 4.74 Å². The largest absolute Gasteiger partial charge is 0.468 e. The zero-order chi connectivity index (χ0) is 11.3. The molecule has 0 atom stereocenters. The Morgan fingerprint density at radius 1 is 1.53 bits per heavy atom. The number of methoxy groups -OCH3 is 1. The van der Waals surface area contributed by atoms with Gasteiger partial charge in [-0.15, -0.1) is 0 Å². The molecule has 15 heavy (non-hydrogen) atoms. The summed E-state index contributed by atoms with van der Waals surface area (Å²) in [6.07, 6.45) is 2.73. The van der Waals surface area contributed by atoms with Crippen molar-refractivity contribution in [3.05, 3.63) is 18.2 Å². The standard InChI is InChI=1S/C9H12N2O4/c1-3-15-9(13)7-4-10-6-11(7)5-8(12)14-2/h4,6H,3,5H2,1-2H3. The summed E-state index contributed by atoms with van der Waals surface area (Å²) in [6, 6.07) is 0. The van der Waals surface area contributed by atoms with Gasteiger partial charge in [0.25, 0.3) is 0 Å². The van der Waals surface area contributed by atoms with E-state index in [0.29, 0.717) is 0 Å². The van der Waals surface area contributed by atoms with Crippen molar-refractivity contribution in [2.24, 2.45) is 0 Å². The summed E-state index contributed by atoms with van der Waals surface area (Å²) >= 11 is 0. The molecule has 0 fully saturated rings. The molecule has 6 nitrogen and oxygen atoms in total. The fourth-order valence-corrected chi connectivity index (χ4v) is 1.03. The highest BCUT2D eigenvalue weighted by atomic mass is 16.5. The maximum Gasteiger partial charge on any atom is 0.356 e. The average molecular weight is 212 g/mol. The van der Waals surface area contributed by atoms with Crippen LogP contribution >= 0.6 is 0 Å². The maximum absolute atomic E-state index is 11.4. The van der Waals surface area contributed by atoms with Gasteiger partial charge in [-0.1, -0.05) is 0 Å². The number of esters is 2. The summed E-state index contributed by atoms with van der Waals surface area (Å²) in [5.74, 6) is -0.947. The van der Waals surface area contributed by atoms with E-state index in [2.05, 4.69) is 9.72 Å². The smallest absolute Gasteiger partial charge is 0.356 e. The lowest BCUT2D eigenvalue weighted by atomic mass is 10.4. The van der Waals surface area contributed by atoms with E-state index in [1.165, 1.54) is 24.2 Å². The first kappa shape index (κ1) is 11.2. The molecular formula is C9H12N2O4. The lowest BCUT2D eigenvalue weighted by molar-refractivity contribution is -0.141. The number of carbonyl (C=O) groups is 2. The molecular weight excluding hydrogens is 200 g/mol. The van der Waals surface area contributed by atoms with Crippen LogP contribution in [0.5, 0.6) is 0 Å². The molecule has 0 aliphatic carbocycles. The number of nitrogens with zero attached hydrogens (tertiary/aromatic N) is 2. The van der Waals surface area contributed by atoms with E-state index < -0.39 is 11.9 Å². The quantitative estimate of drug-likeness (QED) is 0.668. The number of aromatic nitrogens is 2. The van der Waals surface area contributed by atoms with Crippen LogP contribution in [-0.4, -0.2) is 35.2 Å². The van der Waals surface area contributed by atoms with Crippen LogP contribution in [0.1, 0.15) is 17.4 Å². The highest BCUT2D eigenvalue weighted by Gasteiger charge is 2.14. The van der Waals surface area contributed by atoms with Crippen LogP contribution in [0.25, 0.3) is 0 Å². The minimum absolute atomic E-state index is 0.0509. The van der Waals surface area contributed by atoms with Crippen molar-refractivity contribution in [2.45, 2.75) is 13.5 Å². The first-order chi connectivity index (χ1) is 7.19. The average Bonchev–Trinajstić information content (AvgIpc) is 2.66. The van der Waals surface area contributed by atoms with Gasteiger partial charge in [0.05, 0.1) is 26.2 Å². The Morgan fingerprint density at radius 2 is 2.27 bits per heavy atom. The Kier molecular flexibility index (Phi) is 3.84. The number of hydrogen-bond donors (Lipinski definition) is 0. The van der Waals surface area contributed by atoms with Crippen LogP contribution in [-0.2, 0) is 20.8 Å². The number of imidazole rings is 1. The van der Waals surface area contributed by atoms with Gasteiger partial charge < -0.3 is 14.0 Å². The molecule has 82 valence electrons. The first-order valence-corrected chi connectivity index (χ1v) is 4.43. The summed E-state index contributed by atoms with van der Waals surface area (Å²) in [5, 5.41) is 0. The van der Waals surface area contributed by atoms with E-state index in [0.717, 1.165) is 0 Å². The van der Waals surface area contributed by atoms with Gasteiger partial charge in [0, 0.05) is 0 Å². The van der Waals surface area contributed by atoms with Crippen LogP contribution in [0.3, 0.4) is 0 Å². The second kappa shape index (κ2) is 5.14. The molecule has 0 aliphatic heterocycles. The molecule has 0 saturated heterocycles. The monoisotopic (exact) mass is 212 g/mol. The lowest BCUT2D eigenvalue weighted by Gasteiger charge is -2.05. The molecule has 0 unspecified atom stereocenters. The molecule has 1 aromatic heterocycles. The predicted molar refractivity (Wildman–Crippen MR) is 50.2 cm³/mol. The molecule has 6 heteroatoms. The summed E-state index contributed by atoms with van der Waals surface area (Å²) in [5.41, 5.74) is 0.238. The SMILES string of the molecule is CCOC(=O)c1cncn1CC(=O)OC. The molecule has 1 rings (SSSR count). The minimum Gasteiger partial charge on any atom is -0.468 e. The second-order valence-electron chi connectivity index (χ2n) is 2.70. The molecule has 0 aromatic carbocycles. The molecule has 0 spiro atoms. The summed E-state index contributed by atoms with van der Waals surface area (Å²) < 4.78 is 10.6. The van der Waals surface area contributed by atoms with Gasteiger partial charge in [-0.3, -0.25) is 4.79 Å². The third-order valence-electron chi connectivity index (χ3n) is 1.72. The fourth-order valence-electron chi connectivity index (χ4n) is 1.03. The Hall–Kier alpha value is -1.85. The van der Waals surface area contributed by atoms with Gasteiger partial charge in [0.2, 0.25) is 0 Å². The Morgan fingerprint density at radius 3 is 2.87 bits per heavy atom. The Bertz CT molecular complexity index is 359. The first-order valence-electron chi connectivity index (χ1n) is 4.43. The van der Waals surface area contributed by atoms with Gasteiger partial charge in [-0.05, 0) is 6.92 Å². The van der Waals surface area contributed by atoms with Crippen molar-refractivity contribution in [3.63, 3.8) is 0 Å². The van der Waals surface area contributed by atoms with E-state index >= 15 is 0 Å². The molecule has 1 heterocycles. The van der Waals surface area contributed by atoms with Crippen molar-refractivity contribution in [2.75, 3.05) is 13.7 Å². The molecule has 0 bridgehead atoms. The van der Waals surface area contributed by atoms with Crippen molar-refractivity contribution in [1.29, 1.82) is 0 Å². The molecule has 0 radical (unpaired) electrons. The maximum atomic E-state index is 11.4. The molecule has 1 aromatic rings. The van der Waals surface area contributed by atoms with Crippen molar-refractivity contribution in [3.8, 4) is 0 Å². The number of ether oxygens (including phenoxy) is 2. The molecule has 0 N–H and O–H groups in total. The second-order valence-corrected chi connectivity index (χ2v) is 2.70. The summed E-state index contributed by atoms with van der Waals surface area (Å²) in [7, 11) is 1.28. The van der Waals surface area contributed by atoms with Crippen LogP contribution in [0.15, 0.2) is 12.5 Å². The van der Waals surface area contributed by atoms with E-state index in [-0.39, 0.29) is 18.8 Å². The highest BCUT2D eigenvalue weighted by molar-refractivity contribution is 5.87. The van der Waals surface area contributed by atoms with E-state index in [1.54, 1.807) is 6.92 Å².